The fraction of sp³-hybridized carbons (Fsp3) is 0.0645. The summed E-state index contributed by atoms with van der Waals surface area (Å²) in [6.07, 6.45) is 4.39. The van der Waals surface area contributed by atoms with Crippen LogP contribution in [0.5, 0.6) is 11.5 Å². The number of nitriles is 1. The van der Waals surface area contributed by atoms with E-state index >= 15 is 0 Å². The van der Waals surface area contributed by atoms with Gasteiger partial charge in [0.25, 0.3) is 0 Å². The molecular weight excluding hydrogens is 496 g/mol. The average Bonchev–Trinajstić information content (AvgIpc) is 2.97. The quantitative estimate of drug-likeness (QED) is 0.202. The van der Waals surface area contributed by atoms with Gasteiger partial charge in [-0.15, -0.1) is 0 Å². The molecule has 0 spiro atoms. The van der Waals surface area contributed by atoms with Gasteiger partial charge in [0.2, 0.25) is 0 Å². The van der Waals surface area contributed by atoms with E-state index in [0.29, 0.717) is 0 Å². The molecular formula is C31H24N2O6. The van der Waals surface area contributed by atoms with Crippen molar-refractivity contribution >= 4 is 41.3 Å². The molecule has 8 heteroatoms. The Kier molecular flexibility index (Phi) is 8.24. The minimum Gasteiger partial charge on any atom is -0.497 e. The van der Waals surface area contributed by atoms with Crippen LogP contribution in [0.3, 0.4) is 0 Å². The van der Waals surface area contributed by atoms with E-state index in [-0.39, 0.29) is 11.3 Å². The number of hydrogen-bond acceptors (Lipinski definition) is 7. The third-order valence-corrected chi connectivity index (χ3v) is 5.78. The molecule has 8 nitrogen and oxygen atoms in total. The second kappa shape index (κ2) is 12.1. The molecule has 1 heterocycles. The summed E-state index contributed by atoms with van der Waals surface area (Å²) >= 11 is 0. The molecule has 0 aliphatic carbocycles. The van der Waals surface area contributed by atoms with Crippen LogP contribution < -0.4 is 20.0 Å². The maximum absolute atomic E-state index is 12.3. The number of anilines is 3. The standard InChI is InChI=1S/C31H24N2O6/c1-37-27-15-10-25(11-16-27)33(26-12-17-28(38-2)18-13-26)24-8-4-21(5-9-24)3-6-22-7-14-29(39-31(22)36)19-23(20-32)30(34)35/h3-19H,1-2H3,(H,34,35)/b6-3+,23-19-. The number of carboxylic acid groups (broad SMARTS) is 1. The Labute approximate surface area is 224 Å². The Morgan fingerprint density at radius 2 is 1.33 bits per heavy atom. The van der Waals surface area contributed by atoms with E-state index in [9.17, 15) is 9.59 Å². The second-order valence-electron chi connectivity index (χ2n) is 8.21. The van der Waals surface area contributed by atoms with Gasteiger partial charge < -0.3 is 23.9 Å². The lowest BCUT2D eigenvalue weighted by atomic mass is 10.1. The Hall–Kier alpha value is -5.55. The molecule has 3 aromatic carbocycles. The summed E-state index contributed by atoms with van der Waals surface area (Å²) in [5, 5.41) is 17.8. The number of methoxy groups -OCH3 is 2. The van der Waals surface area contributed by atoms with Gasteiger partial charge in [-0.05, 0) is 84.4 Å². The normalized spacial score (nSPS) is 11.2. The fourth-order valence-corrected chi connectivity index (χ4v) is 3.76. The summed E-state index contributed by atoms with van der Waals surface area (Å²) < 4.78 is 15.7. The highest BCUT2D eigenvalue weighted by Crippen LogP contribution is 2.36. The van der Waals surface area contributed by atoms with Crippen LogP contribution in [0.25, 0.3) is 18.2 Å². The number of nitrogens with zero attached hydrogens (tertiary/aromatic N) is 2. The third kappa shape index (κ3) is 6.42. The van der Waals surface area contributed by atoms with E-state index < -0.39 is 17.2 Å². The number of carboxylic acids is 1. The SMILES string of the molecule is COc1ccc(N(c2ccc(/C=C/c3ccc(/C=C(/C#N)C(=O)O)oc3=O)cc2)c2ccc(OC)cc2)cc1. The smallest absolute Gasteiger partial charge is 0.346 e. The number of rotatable bonds is 9. The van der Waals surface area contributed by atoms with Crippen LogP contribution in [0.15, 0.2) is 99.7 Å². The van der Waals surface area contributed by atoms with Crippen molar-refractivity contribution in [3.8, 4) is 17.6 Å². The molecule has 4 aromatic rings. The van der Waals surface area contributed by atoms with Crippen LogP contribution in [0.1, 0.15) is 16.9 Å². The van der Waals surface area contributed by atoms with Crippen LogP contribution >= 0.6 is 0 Å². The van der Waals surface area contributed by atoms with E-state index in [1.165, 1.54) is 12.1 Å². The molecule has 0 aliphatic rings. The highest BCUT2D eigenvalue weighted by atomic mass is 16.5. The molecule has 1 N–H and O–H groups in total. The molecule has 0 radical (unpaired) electrons. The molecule has 0 saturated heterocycles. The Bertz CT molecular complexity index is 1560. The summed E-state index contributed by atoms with van der Waals surface area (Å²) in [5.74, 6) is 0.104. The van der Waals surface area contributed by atoms with Gasteiger partial charge in [-0.2, -0.15) is 5.26 Å². The second-order valence-corrected chi connectivity index (χ2v) is 8.21. The highest BCUT2D eigenvalue weighted by Gasteiger charge is 2.13. The van der Waals surface area contributed by atoms with Crippen LogP contribution in [-0.4, -0.2) is 25.3 Å². The van der Waals surface area contributed by atoms with Crippen molar-refractivity contribution in [2.75, 3.05) is 19.1 Å². The van der Waals surface area contributed by atoms with Gasteiger partial charge in [0.15, 0.2) is 0 Å². The maximum atomic E-state index is 12.3. The summed E-state index contributed by atoms with van der Waals surface area (Å²) in [5.41, 5.74) is 2.76. The molecule has 1 aromatic heterocycles. The van der Waals surface area contributed by atoms with E-state index in [0.717, 1.165) is 40.2 Å². The lowest BCUT2D eigenvalue weighted by Gasteiger charge is -2.26. The molecule has 4 rings (SSSR count). The lowest BCUT2D eigenvalue weighted by molar-refractivity contribution is -0.132. The van der Waals surface area contributed by atoms with E-state index in [1.54, 1.807) is 32.4 Å². The summed E-state index contributed by atoms with van der Waals surface area (Å²) in [6.45, 7) is 0. The van der Waals surface area contributed by atoms with Crippen LogP contribution in [0.4, 0.5) is 17.1 Å². The zero-order valence-corrected chi connectivity index (χ0v) is 21.2. The summed E-state index contributed by atoms with van der Waals surface area (Å²) in [4.78, 5) is 25.4. The van der Waals surface area contributed by atoms with Crippen molar-refractivity contribution in [3.05, 3.63) is 118 Å². The molecule has 0 amide bonds. The van der Waals surface area contributed by atoms with Crippen molar-refractivity contribution in [1.82, 2.24) is 0 Å². The average molecular weight is 521 g/mol. The molecule has 39 heavy (non-hydrogen) atoms. The number of hydrogen-bond donors (Lipinski definition) is 1. The van der Waals surface area contributed by atoms with E-state index in [1.807, 2.05) is 72.8 Å². The first-order valence-electron chi connectivity index (χ1n) is 11.8. The first-order valence-corrected chi connectivity index (χ1v) is 11.8. The fourth-order valence-electron chi connectivity index (χ4n) is 3.76. The van der Waals surface area contributed by atoms with Gasteiger partial charge in [-0.3, -0.25) is 0 Å². The summed E-state index contributed by atoms with van der Waals surface area (Å²) in [7, 11) is 3.25. The highest BCUT2D eigenvalue weighted by molar-refractivity contribution is 5.96. The van der Waals surface area contributed by atoms with Crippen LogP contribution in [-0.2, 0) is 4.79 Å². The molecule has 0 aliphatic heterocycles. The van der Waals surface area contributed by atoms with Crippen molar-refractivity contribution in [1.29, 1.82) is 5.26 Å². The van der Waals surface area contributed by atoms with Gasteiger partial charge in [0.1, 0.15) is 28.9 Å². The number of carbonyl (C=O) groups is 1. The molecule has 0 bridgehead atoms. The van der Waals surface area contributed by atoms with Gasteiger partial charge in [0.05, 0.1) is 19.8 Å². The van der Waals surface area contributed by atoms with Gasteiger partial charge in [-0.25, -0.2) is 9.59 Å². The van der Waals surface area contributed by atoms with Gasteiger partial charge >= 0.3 is 11.6 Å². The minimum atomic E-state index is -1.40. The zero-order chi connectivity index (χ0) is 27.8. The number of ether oxygens (including phenoxy) is 2. The first-order chi connectivity index (χ1) is 18.9. The van der Waals surface area contributed by atoms with Gasteiger partial charge in [0, 0.05) is 23.1 Å². The van der Waals surface area contributed by atoms with Crippen molar-refractivity contribution < 1.29 is 23.8 Å². The summed E-state index contributed by atoms with van der Waals surface area (Å²) in [6, 6.07) is 27.8. The van der Waals surface area contributed by atoms with E-state index in [4.69, 9.17) is 24.3 Å². The predicted octanol–water partition coefficient (Wildman–Crippen LogP) is 6.29. The lowest BCUT2D eigenvalue weighted by Crippen LogP contribution is -2.09. The van der Waals surface area contributed by atoms with Crippen LogP contribution in [0, 0.1) is 11.3 Å². The molecule has 0 unspecified atom stereocenters. The first kappa shape index (κ1) is 26.5. The molecule has 0 saturated carbocycles. The molecule has 0 atom stereocenters. The van der Waals surface area contributed by atoms with Gasteiger partial charge in [-0.1, -0.05) is 18.2 Å². The molecule has 0 fully saturated rings. The Morgan fingerprint density at radius 3 is 1.77 bits per heavy atom. The topological polar surface area (TPSA) is 113 Å². The minimum absolute atomic E-state index is 0.0161. The van der Waals surface area contributed by atoms with Crippen molar-refractivity contribution in [3.63, 3.8) is 0 Å². The molecule has 194 valence electrons. The predicted molar refractivity (Wildman–Crippen MR) is 149 cm³/mol. The van der Waals surface area contributed by atoms with Crippen molar-refractivity contribution in [2.24, 2.45) is 0 Å². The Morgan fingerprint density at radius 1 is 0.821 bits per heavy atom. The zero-order valence-electron chi connectivity index (χ0n) is 21.2. The third-order valence-electron chi connectivity index (χ3n) is 5.78. The number of aliphatic carboxylic acids is 1. The van der Waals surface area contributed by atoms with E-state index in [2.05, 4.69) is 4.90 Å². The largest absolute Gasteiger partial charge is 0.497 e. The van der Waals surface area contributed by atoms with Crippen molar-refractivity contribution in [2.45, 2.75) is 0 Å². The maximum Gasteiger partial charge on any atom is 0.346 e. The van der Waals surface area contributed by atoms with Crippen LogP contribution in [0.2, 0.25) is 0 Å². The number of benzene rings is 3. The Balaban J connectivity index is 1.60. The monoisotopic (exact) mass is 520 g/mol.